The lowest BCUT2D eigenvalue weighted by Gasteiger charge is -2.34. The first-order valence-corrected chi connectivity index (χ1v) is 9.86. The molecule has 0 aliphatic carbocycles. The second kappa shape index (κ2) is 7.53. The van der Waals surface area contributed by atoms with E-state index in [1.165, 1.54) is 12.1 Å². The number of alkyl halides is 2. The summed E-state index contributed by atoms with van der Waals surface area (Å²) in [6, 6.07) is 21.2. The van der Waals surface area contributed by atoms with Crippen molar-refractivity contribution in [3.8, 4) is 0 Å². The molecule has 0 saturated carbocycles. The molecule has 4 N–H and O–H groups in total. The number of anilines is 3. The first-order chi connectivity index (χ1) is 13.5. The fourth-order valence-electron chi connectivity index (χ4n) is 3.84. The van der Waals surface area contributed by atoms with Crippen LogP contribution in [0.5, 0.6) is 0 Å². The molecule has 3 aromatic rings. The van der Waals surface area contributed by atoms with Crippen LogP contribution in [0.15, 0.2) is 72.8 Å². The van der Waals surface area contributed by atoms with E-state index in [-0.39, 0.29) is 28.7 Å². The molecule has 0 radical (unpaired) electrons. The monoisotopic (exact) mass is 415 g/mol. The first-order valence-electron chi connectivity index (χ1n) is 8.98. The van der Waals surface area contributed by atoms with Crippen molar-refractivity contribution in [2.75, 3.05) is 16.4 Å². The summed E-state index contributed by atoms with van der Waals surface area (Å²) in [4.78, 5) is 2.16. The van der Waals surface area contributed by atoms with Gasteiger partial charge in [0.05, 0.1) is 22.8 Å². The zero-order valence-corrected chi connectivity index (χ0v) is 16.5. The molecule has 1 fully saturated rings. The highest BCUT2D eigenvalue weighted by molar-refractivity contribution is 6.31. The van der Waals surface area contributed by atoms with Crippen LogP contribution < -0.4 is 16.4 Å². The van der Waals surface area contributed by atoms with E-state index in [0.29, 0.717) is 11.4 Å². The Labute approximate surface area is 173 Å². The van der Waals surface area contributed by atoms with Gasteiger partial charge in [0.1, 0.15) is 5.82 Å². The van der Waals surface area contributed by atoms with Gasteiger partial charge in [0.15, 0.2) is 0 Å². The van der Waals surface area contributed by atoms with Crippen LogP contribution in [0, 0.1) is 5.82 Å². The molecule has 3 aromatic carbocycles. The molecule has 0 unspecified atom stereocenters. The fraction of sp³-hybridized carbons (Fsp3) is 0.182. The van der Waals surface area contributed by atoms with Gasteiger partial charge in [-0.05, 0) is 59.7 Å². The van der Waals surface area contributed by atoms with E-state index in [4.69, 9.17) is 34.7 Å². The third kappa shape index (κ3) is 3.38. The minimum atomic E-state index is -0.363. The highest BCUT2D eigenvalue weighted by Crippen LogP contribution is 2.51. The minimum absolute atomic E-state index is 0.196. The van der Waals surface area contributed by atoms with Crippen LogP contribution in [0.2, 0.25) is 0 Å². The lowest BCUT2D eigenvalue weighted by atomic mass is 10.0. The number of hydrogen-bond donors (Lipinski definition) is 2. The molecule has 0 aromatic heterocycles. The zero-order valence-electron chi connectivity index (χ0n) is 15.0. The maximum Gasteiger partial charge on any atom is 0.123 e. The van der Waals surface area contributed by atoms with Gasteiger partial charge in [0.2, 0.25) is 0 Å². The van der Waals surface area contributed by atoms with Crippen molar-refractivity contribution in [1.29, 1.82) is 0 Å². The van der Waals surface area contributed by atoms with Crippen LogP contribution in [0.4, 0.5) is 21.5 Å². The molecule has 0 bridgehead atoms. The van der Waals surface area contributed by atoms with Crippen molar-refractivity contribution in [2.45, 2.75) is 22.8 Å². The number of nitrogen functional groups attached to an aromatic ring is 2. The number of hydrogen-bond acceptors (Lipinski definition) is 3. The summed E-state index contributed by atoms with van der Waals surface area (Å²) in [6.45, 7) is 0. The summed E-state index contributed by atoms with van der Waals surface area (Å²) < 4.78 is 13.6. The predicted molar refractivity (Wildman–Crippen MR) is 115 cm³/mol. The smallest absolute Gasteiger partial charge is 0.123 e. The van der Waals surface area contributed by atoms with E-state index in [2.05, 4.69) is 4.90 Å². The van der Waals surface area contributed by atoms with Gasteiger partial charge in [-0.25, -0.2) is 4.39 Å². The van der Waals surface area contributed by atoms with Crippen LogP contribution in [-0.2, 0) is 0 Å². The number of nitrogens with two attached hydrogens (primary N) is 2. The number of benzene rings is 3. The van der Waals surface area contributed by atoms with Crippen molar-refractivity contribution in [2.24, 2.45) is 0 Å². The molecule has 3 nitrogen and oxygen atoms in total. The van der Waals surface area contributed by atoms with Crippen molar-refractivity contribution in [3.05, 3.63) is 89.7 Å². The molecule has 4 rings (SSSR count). The Morgan fingerprint density at radius 3 is 1.43 bits per heavy atom. The van der Waals surface area contributed by atoms with E-state index in [0.717, 1.165) is 16.8 Å². The maximum atomic E-state index is 13.6. The molecule has 6 heteroatoms. The Balaban J connectivity index is 1.85. The highest BCUT2D eigenvalue weighted by Gasteiger charge is 2.48. The Bertz CT molecular complexity index is 888. The lowest BCUT2D eigenvalue weighted by molar-refractivity contribution is 0.625. The maximum absolute atomic E-state index is 13.6. The molecular weight excluding hydrogens is 396 g/mol. The Hall–Kier alpha value is -2.43. The largest absolute Gasteiger partial charge is 0.399 e. The zero-order chi connectivity index (χ0) is 19.8. The van der Waals surface area contributed by atoms with Crippen LogP contribution in [0.25, 0.3) is 0 Å². The molecule has 0 amide bonds. The normalized spacial score (nSPS) is 24.5. The Morgan fingerprint density at radius 2 is 1.04 bits per heavy atom. The van der Waals surface area contributed by atoms with Crippen LogP contribution >= 0.6 is 23.2 Å². The minimum Gasteiger partial charge on any atom is -0.399 e. The second-order valence-electron chi connectivity index (χ2n) is 7.00. The van der Waals surface area contributed by atoms with Gasteiger partial charge < -0.3 is 16.4 Å². The first kappa shape index (κ1) is 18.9. The summed E-state index contributed by atoms with van der Waals surface area (Å²) in [5.74, 6) is -0.291. The third-order valence-electron chi connectivity index (χ3n) is 5.19. The number of rotatable bonds is 3. The molecule has 0 spiro atoms. The van der Waals surface area contributed by atoms with Crippen molar-refractivity contribution in [3.63, 3.8) is 0 Å². The quantitative estimate of drug-likeness (QED) is 0.438. The molecular formula is C22H20Cl2FN3. The molecule has 1 aliphatic heterocycles. The van der Waals surface area contributed by atoms with Gasteiger partial charge in [0.25, 0.3) is 0 Å². The van der Waals surface area contributed by atoms with Crippen molar-refractivity contribution < 1.29 is 4.39 Å². The van der Waals surface area contributed by atoms with E-state index >= 15 is 0 Å². The average Bonchev–Trinajstić information content (AvgIpc) is 2.95. The molecule has 1 heterocycles. The summed E-state index contributed by atoms with van der Waals surface area (Å²) in [5.41, 5.74) is 15.9. The molecule has 28 heavy (non-hydrogen) atoms. The van der Waals surface area contributed by atoms with Gasteiger partial charge in [-0.3, -0.25) is 0 Å². The molecule has 144 valence electrons. The van der Waals surface area contributed by atoms with Gasteiger partial charge in [-0.1, -0.05) is 24.3 Å². The summed E-state index contributed by atoms with van der Waals surface area (Å²) >= 11 is 13.7. The van der Waals surface area contributed by atoms with Gasteiger partial charge in [-0.2, -0.15) is 0 Å². The van der Waals surface area contributed by atoms with E-state index in [9.17, 15) is 4.39 Å². The van der Waals surface area contributed by atoms with Gasteiger partial charge >= 0.3 is 0 Å². The molecule has 4 atom stereocenters. The van der Waals surface area contributed by atoms with Gasteiger partial charge in [0, 0.05) is 17.1 Å². The second-order valence-corrected chi connectivity index (χ2v) is 8.00. The van der Waals surface area contributed by atoms with Crippen LogP contribution in [-0.4, -0.2) is 10.8 Å². The number of halogens is 3. The fourth-order valence-corrected chi connectivity index (χ4v) is 4.65. The summed E-state index contributed by atoms with van der Waals surface area (Å²) in [5, 5.41) is -0.726. The van der Waals surface area contributed by atoms with Crippen LogP contribution in [0.3, 0.4) is 0 Å². The third-order valence-corrected chi connectivity index (χ3v) is 6.34. The molecule has 1 saturated heterocycles. The standard InChI is InChI=1S/C22H20Cl2FN3/c23-19-20(24)22(14-3-9-17(27)10-4-14)28(18-11-5-15(25)6-12-18)21(19)13-1-7-16(26)8-2-13/h1-12,19-22H,26-27H2/t19-,20-,21-,22-/m0/s1. The lowest BCUT2D eigenvalue weighted by Crippen LogP contribution is -2.28. The van der Waals surface area contributed by atoms with Crippen molar-refractivity contribution >= 4 is 40.3 Å². The Morgan fingerprint density at radius 1 is 0.643 bits per heavy atom. The predicted octanol–water partition coefficient (Wildman–Crippen LogP) is 5.51. The average molecular weight is 416 g/mol. The Kier molecular flexibility index (Phi) is 5.09. The SMILES string of the molecule is Nc1ccc([C@H]2[C@@H](Cl)[C@H](Cl)[C@H](c3ccc(N)cc3)N2c2ccc(F)cc2)cc1. The van der Waals surface area contributed by atoms with Crippen LogP contribution in [0.1, 0.15) is 23.2 Å². The van der Waals surface area contributed by atoms with E-state index in [1.54, 1.807) is 12.1 Å². The van der Waals surface area contributed by atoms with E-state index < -0.39 is 0 Å². The summed E-state index contributed by atoms with van der Waals surface area (Å²) in [6.07, 6.45) is 0. The van der Waals surface area contributed by atoms with Crippen molar-refractivity contribution in [1.82, 2.24) is 0 Å². The molecule has 1 aliphatic rings. The topological polar surface area (TPSA) is 55.3 Å². The van der Waals surface area contributed by atoms with E-state index in [1.807, 2.05) is 48.5 Å². The number of nitrogens with zero attached hydrogens (tertiary/aromatic N) is 1. The summed E-state index contributed by atoms with van der Waals surface area (Å²) in [7, 11) is 0. The van der Waals surface area contributed by atoms with Gasteiger partial charge in [-0.15, -0.1) is 23.2 Å². The highest BCUT2D eigenvalue weighted by atomic mass is 35.5.